The molecule has 1 saturated carbocycles. The zero-order chi connectivity index (χ0) is 19.7. The van der Waals surface area contributed by atoms with Gasteiger partial charge in [0.15, 0.2) is 11.5 Å². The summed E-state index contributed by atoms with van der Waals surface area (Å²) in [4.78, 5) is 27.2. The minimum Gasteiger partial charge on any atom is -0.493 e. The van der Waals surface area contributed by atoms with Crippen molar-refractivity contribution >= 4 is 23.2 Å². The zero-order valence-corrected chi connectivity index (χ0v) is 16.2. The number of nitrogens with zero attached hydrogens (tertiary/aromatic N) is 1. The average Bonchev–Trinajstić information content (AvgIpc) is 3.57. The molecule has 0 saturated heterocycles. The van der Waals surface area contributed by atoms with Gasteiger partial charge in [0.2, 0.25) is 5.91 Å². The van der Waals surface area contributed by atoms with Gasteiger partial charge in [0.05, 0.1) is 14.2 Å². The van der Waals surface area contributed by atoms with E-state index in [0.29, 0.717) is 22.7 Å². The van der Waals surface area contributed by atoms with E-state index in [1.54, 1.807) is 25.3 Å². The van der Waals surface area contributed by atoms with Crippen molar-refractivity contribution in [2.45, 2.75) is 25.7 Å². The summed E-state index contributed by atoms with van der Waals surface area (Å²) in [7, 11) is 3.09. The summed E-state index contributed by atoms with van der Waals surface area (Å²) in [5, 5.41) is 2.93. The first-order valence-electron chi connectivity index (χ1n) is 9.58. The summed E-state index contributed by atoms with van der Waals surface area (Å²) in [5.41, 5.74) is 3.23. The molecule has 0 unspecified atom stereocenters. The number of methoxy groups -OCH3 is 2. The number of benzene rings is 2. The van der Waals surface area contributed by atoms with Crippen LogP contribution in [0.3, 0.4) is 0 Å². The minimum absolute atomic E-state index is 0.177. The van der Waals surface area contributed by atoms with Crippen LogP contribution in [-0.4, -0.2) is 32.6 Å². The van der Waals surface area contributed by atoms with Crippen molar-refractivity contribution in [3.05, 3.63) is 47.5 Å². The summed E-state index contributed by atoms with van der Waals surface area (Å²) in [6.07, 6.45) is 3.90. The summed E-state index contributed by atoms with van der Waals surface area (Å²) in [5.74, 6) is 1.22. The fourth-order valence-corrected chi connectivity index (χ4v) is 3.61. The molecular weight excluding hydrogens is 356 g/mol. The van der Waals surface area contributed by atoms with Crippen molar-refractivity contribution in [2.75, 3.05) is 31.0 Å². The largest absolute Gasteiger partial charge is 0.493 e. The molecule has 0 atom stereocenters. The van der Waals surface area contributed by atoms with Crippen molar-refractivity contribution in [2.24, 2.45) is 5.92 Å². The highest BCUT2D eigenvalue weighted by Crippen LogP contribution is 2.37. The quantitative estimate of drug-likeness (QED) is 0.860. The molecule has 146 valence electrons. The normalized spacial score (nSPS) is 15.6. The molecule has 1 heterocycles. The predicted molar refractivity (Wildman–Crippen MR) is 107 cm³/mol. The first-order valence-corrected chi connectivity index (χ1v) is 9.58. The van der Waals surface area contributed by atoms with Crippen LogP contribution in [0.1, 0.15) is 35.2 Å². The van der Waals surface area contributed by atoms with E-state index in [4.69, 9.17) is 9.47 Å². The molecule has 1 aliphatic heterocycles. The van der Waals surface area contributed by atoms with Gasteiger partial charge < -0.3 is 19.7 Å². The van der Waals surface area contributed by atoms with Gasteiger partial charge in [-0.3, -0.25) is 9.59 Å². The van der Waals surface area contributed by atoms with E-state index in [9.17, 15) is 9.59 Å². The van der Waals surface area contributed by atoms with E-state index >= 15 is 0 Å². The van der Waals surface area contributed by atoms with E-state index in [1.165, 1.54) is 7.11 Å². The molecule has 0 spiro atoms. The number of rotatable bonds is 5. The Bertz CT molecular complexity index is 921. The van der Waals surface area contributed by atoms with Gasteiger partial charge in [0.1, 0.15) is 0 Å². The smallest absolute Gasteiger partial charge is 0.255 e. The van der Waals surface area contributed by atoms with Crippen molar-refractivity contribution in [1.82, 2.24) is 0 Å². The number of ether oxygens (including phenoxy) is 2. The second-order valence-electron chi connectivity index (χ2n) is 7.24. The number of fused-ring (bicyclic) bond motifs is 1. The monoisotopic (exact) mass is 380 g/mol. The van der Waals surface area contributed by atoms with Crippen LogP contribution in [0.25, 0.3) is 0 Å². The number of anilines is 2. The minimum atomic E-state index is -0.239. The standard InChI is InChI=1S/C22H24N2O4/c1-27-19-10-8-16(12-20(19)28-2)21(25)23-17-9-7-14-4-3-11-24(18(14)13-17)22(26)15-5-6-15/h7-10,12-13,15H,3-6,11H2,1-2H3,(H,23,25). The number of carbonyl (C=O) groups is 2. The number of hydrogen-bond donors (Lipinski definition) is 1. The van der Waals surface area contributed by atoms with Gasteiger partial charge in [0.25, 0.3) is 5.91 Å². The molecule has 0 radical (unpaired) electrons. The van der Waals surface area contributed by atoms with E-state index in [0.717, 1.165) is 43.5 Å². The number of aryl methyl sites for hydroxylation is 1. The van der Waals surface area contributed by atoms with Crippen LogP contribution < -0.4 is 19.7 Å². The first-order chi connectivity index (χ1) is 13.6. The van der Waals surface area contributed by atoms with Crippen molar-refractivity contribution in [3.63, 3.8) is 0 Å². The summed E-state index contributed by atoms with van der Waals surface area (Å²) in [6.45, 7) is 0.745. The number of amides is 2. The lowest BCUT2D eigenvalue weighted by molar-refractivity contribution is -0.119. The third kappa shape index (κ3) is 3.54. The van der Waals surface area contributed by atoms with Crippen LogP contribution in [0.2, 0.25) is 0 Å². The highest BCUT2D eigenvalue weighted by atomic mass is 16.5. The Morgan fingerprint density at radius 2 is 1.82 bits per heavy atom. The number of hydrogen-bond acceptors (Lipinski definition) is 4. The van der Waals surface area contributed by atoms with Crippen molar-refractivity contribution < 1.29 is 19.1 Å². The molecule has 28 heavy (non-hydrogen) atoms. The van der Waals surface area contributed by atoms with Crippen LogP contribution in [0.5, 0.6) is 11.5 Å². The van der Waals surface area contributed by atoms with E-state index in [-0.39, 0.29) is 17.7 Å². The molecule has 1 fully saturated rings. The summed E-state index contributed by atoms with van der Waals surface area (Å²) < 4.78 is 10.5. The van der Waals surface area contributed by atoms with E-state index in [2.05, 4.69) is 5.32 Å². The van der Waals surface area contributed by atoms with Gasteiger partial charge >= 0.3 is 0 Å². The third-order valence-corrected chi connectivity index (χ3v) is 5.30. The van der Waals surface area contributed by atoms with Crippen LogP contribution in [0.15, 0.2) is 36.4 Å². The lowest BCUT2D eigenvalue weighted by Crippen LogP contribution is -2.36. The maximum atomic E-state index is 12.7. The van der Waals surface area contributed by atoms with E-state index < -0.39 is 0 Å². The molecule has 6 heteroatoms. The molecule has 1 N–H and O–H groups in total. The van der Waals surface area contributed by atoms with Crippen molar-refractivity contribution in [3.8, 4) is 11.5 Å². The second-order valence-corrected chi connectivity index (χ2v) is 7.24. The highest BCUT2D eigenvalue weighted by Gasteiger charge is 2.35. The second kappa shape index (κ2) is 7.54. The van der Waals surface area contributed by atoms with Gasteiger partial charge in [0, 0.05) is 29.4 Å². The topological polar surface area (TPSA) is 67.9 Å². The van der Waals surface area contributed by atoms with Crippen LogP contribution >= 0.6 is 0 Å². The predicted octanol–water partition coefficient (Wildman–Crippen LogP) is 3.65. The summed E-state index contributed by atoms with van der Waals surface area (Å²) in [6, 6.07) is 10.9. The molecule has 6 nitrogen and oxygen atoms in total. The molecule has 0 aromatic heterocycles. The van der Waals surface area contributed by atoms with Gasteiger partial charge in [-0.1, -0.05) is 6.07 Å². The molecule has 2 amide bonds. The average molecular weight is 380 g/mol. The Hall–Kier alpha value is -3.02. The lowest BCUT2D eigenvalue weighted by atomic mass is 10.0. The molecular formula is C22H24N2O4. The molecule has 2 aromatic rings. The fourth-order valence-electron chi connectivity index (χ4n) is 3.61. The van der Waals surface area contributed by atoms with Crippen LogP contribution in [-0.2, 0) is 11.2 Å². The molecule has 2 aliphatic rings. The van der Waals surface area contributed by atoms with Gasteiger partial charge in [-0.15, -0.1) is 0 Å². The molecule has 2 aromatic carbocycles. The molecule has 4 rings (SSSR count). The maximum absolute atomic E-state index is 12.7. The van der Waals surface area contributed by atoms with Gasteiger partial charge in [-0.2, -0.15) is 0 Å². The highest BCUT2D eigenvalue weighted by molar-refractivity contribution is 6.05. The zero-order valence-electron chi connectivity index (χ0n) is 16.2. The number of carbonyl (C=O) groups excluding carboxylic acids is 2. The Kier molecular flexibility index (Phi) is 4.94. The first kappa shape index (κ1) is 18.3. The van der Waals surface area contributed by atoms with Gasteiger partial charge in [-0.05, 0) is 61.6 Å². The van der Waals surface area contributed by atoms with E-state index in [1.807, 2.05) is 23.1 Å². The van der Waals surface area contributed by atoms with Crippen LogP contribution in [0.4, 0.5) is 11.4 Å². The Morgan fingerprint density at radius 3 is 2.54 bits per heavy atom. The summed E-state index contributed by atoms with van der Waals surface area (Å²) >= 11 is 0. The Balaban J connectivity index is 1.56. The van der Waals surface area contributed by atoms with Crippen LogP contribution in [0, 0.1) is 5.92 Å². The lowest BCUT2D eigenvalue weighted by Gasteiger charge is -2.30. The molecule has 0 bridgehead atoms. The Labute approximate surface area is 164 Å². The van der Waals surface area contributed by atoms with Crippen molar-refractivity contribution in [1.29, 1.82) is 0 Å². The van der Waals surface area contributed by atoms with Gasteiger partial charge in [-0.25, -0.2) is 0 Å². The fraction of sp³-hybridized carbons (Fsp3) is 0.364. The SMILES string of the molecule is COc1ccc(C(=O)Nc2ccc3c(c2)N(C(=O)C2CC2)CCC3)cc1OC. The number of nitrogens with one attached hydrogen (secondary N) is 1. The Morgan fingerprint density at radius 1 is 1.04 bits per heavy atom. The molecule has 1 aliphatic carbocycles. The maximum Gasteiger partial charge on any atom is 0.255 e. The third-order valence-electron chi connectivity index (χ3n) is 5.30.